The van der Waals surface area contributed by atoms with E-state index in [-0.39, 0.29) is 0 Å². The molecule has 0 bridgehead atoms. The van der Waals surface area contributed by atoms with Crippen LogP contribution in [0.25, 0.3) is 0 Å². The van der Waals surface area contributed by atoms with Crippen LogP contribution in [0.1, 0.15) is 28.2 Å². The molecule has 1 heteroatoms. The van der Waals surface area contributed by atoms with Crippen LogP contribution >= 0.6 is 0 Å². The van der Waals surface area contributed by atoms with Crippen LogP contribution in [0.15, 0.2) is 48.5 Å². The van der Waals surface area contributed by atoms with Crippen LogP contribution in [0.5, 0.6) is 0 Å². The van der Waals surface area contributed by atoms with Gasteiger partial charge in [-0.25, -0.2) is 0 Å². The normalized spacial score (nSPS) is 12.4. The molecule has 2 rings (SSSR count). The standard InChI is InChI=1S/C17H21N/c1-13-7-9-15(10-8-13)17(12-18)11-16-6-4-3-5-14(16)2/h3-10,17H,11-12,18H2,1-2H3. The molecule has 0 aromatic heterocycles. The van der Waals surface area contributed by atoms with E-state index in [2.05, 4.69) is 62.4 Å². The van der Waals surface area contributed by atoms with Crippen LogP contribution in [0, 0.1) is 13.8 Å². The van der Waals surface area contributed by atoms with E-state index < -0.39 is 0 Å². The van der Waals surface area contributed by atoms with Gasteiger partial charge in [0.25, 0.3) is 0 Å². The average molecular weight is 239 g/mol. The summed E-state index contributed by atoms with van der Waals surface area (Å²) in [5.41, 5.74) is 11.3. The van der Waals surface area contributed by atoms with Crippen molar-refractivity contribution in [3.63, 3.8) is 0 Å². The van der Waals surface area contributed by atoms with Crippen molar-refractivity contribution in [1.29, 1.82) is 0 Å². The molecular weight excluding hydrogens is 218 g/mol. The fourth-order valence-corrected chi connectivity index (χ4v) is 2.28. The van der Waals surface area contributed by atoms with E-state index in [9.17, 15) is 0 Å². The summed E-state index contributed by atoms with van der Waals surface area (Å²) in [4.78, 5) is 0. The van der Waals surface area contributed by atoms with Gasteiger partial charge in [0.05, 0.1) is 0 Å². The van der Waals surface area contributed by atoms with Crippen LogP contribution in [-0.2, 0) is 6.42 Å². The van der Waals surface area contributed by atoms with Crippen LogP contribution in [0.3, 0.4) is 0 Å². The maximum Gasteiger partial charge on any atom is 0.000167 e. The Balaban J connectivity index is 2.20. The second kappa shape index (κ2) is 5.83. The highest BCUT2D eigenvalue weighted by atomic mass is 14.5. The van der Waals surface area contributed by atoms with E-state index in [1.165, 1.54) is 22.3 Å². The van der Waals surface area contributed by atoms with Crippen molar-refractivity contribution < 1.29 is 0 Å². The average Bonchev–Trinajstić information content (AvgIpc) is 2.39. The molecular formula is C17H21N. The second-order valence-electron chi connectivity index (χ2n) is 4.97. The van der Waals surface area contributed by atoms with Gasteiger partial charge in [-0.1, -0.05) is 54.1 Å². The van der Waals surface area contributed by atoms with E-state index in [0.29, 0.717) is 12.5 Å². The summed E-state index contributed by atoms with van der Waals surface area (Å²) in [6.07, 6.45) is 1.02. The Bertz CT molecular complexity index is 499. The molecule has 2 N–H and O–H groups in total. The zero-order chi connectivity index (χ0) is 13.0. The number of benzene rings is 2. The van der Waals surface area contributed by atoms with Gasteiger partial charge in [-0.2, -0.15) is 0 Å². The molecule has 0 spiro atoms. The van der Waals surface area contributed by atoms with Crippen molar-refractivity contribution in [3.8, 4) is 0 Å². The van der Waals surface area contributed by atoms with E-state index >= 15 is 0 Å². The summed E-state index contributed by atoms with van der Waals surface area (Å²) in [7, 11) is 0. The third-order valence-corrected chi connectivity index (χ3v) is 3.56. The Labute approximate surface area is 110 Å². The quantitative estimate of drug-likeness (QED) is 0.867. The lowest BCUT2D eigenvalue weighted by Gasteiger charge is -2.17. The lowest BCUT2D eigenvalue weighted by molar-refractivity contribution is 0.692. The number of hydrogen-bond donors (Lipinski definition) is 1. The van der Waals surface area contributed by atoms with Crippen molar-refractivity contribution in [2.75, 3.05) is 6.54 Å². The van der Waals surface area contributed by atoms with Gasteiger partial charge in [-0.3, -0.25) is 0 Å². The highest BCUT2D eigenvalue weighted by Crippen LogP contribution is 2.22. The van der Waals surface area contributed by atoms with Crippen molar-refractivity contribution >= 4 is 0 Å². The molecule has 0 aliphatic heterocycles. The fourth-order valence-electron chi connectivity index (χ4n) is 2.28. The van der Waals surface area contributed by atoms with Crippen LogP contribution in [0.2, 0.25) is 0 Å². The van der Waals surface area contributed by atoms with Gasteiger partial charge in [-0.15, -0.1) is 0 Å². The minimum absolute atomic E-state index is 0.409. The Hall–Kier alpha value is -1.60. The first-order chi connectivity index (χ1) is 8.70. The highest BCUT2D eigenvalue weighted by molar-refractivity contribution is 5.31. The first kappa shape index (κ1) is 12.8. The summed E-state index contributed by atoms with van der Waals surface area (Å²) in [5.74, 6) is 0.409. The lowest BCUT2D eigenvalue weighted by Crippen LogP contribution is -2.15. The van der Waals surface area contributed by atoms with Gasteiger partial charge in [0, 0.05) is 5.92 Å². The zero-order valence-electron chi connectivity index (χ0n) is 11.2. The van der Waals surface area contributed by atoms with Crippen molar-refractivity contribution in [1.82, 2.24) is 0 Å². The molecule has 1 unspecified atom stereocenters. The van der Waals surface area contributed by atoms with E-state index in [1.54, 1.807) is 0 Å². The highest BCUT2D eigenvalue weighted by Gasteiger charge is 2.11. The fraction of sp³-hybridized carbons (Fsp3) is 0.294. The van der Waals surface area contributed by atoms with Crippen LogP contribution < -0.4 is 5.73 Å². The molecule has 18 heavy (non-hydrogen) atoms. The molecule has 94 valence electrons. The van der Waals surface area contributed by atoms with E-state index in [1.807, 2.05) is 0 Å². The van der Waals surface area contributed by atoms with Crippen LogP contribution in [0.4, 0.5) is 0 Å². The van der Waals surface area contributed by atoms with E-state index in [0.717, 1.165) is 6.42 Å². The first-order valence-corrected chi connectivity index (χ1v) is 6.52. The molecule has 0 aliphatic carbocycles. The molecule has 1 atom stereocenters. The smallest absolute Gasteiger partial charge is 0.000167 e. The van der Waals surface area contributed by atoms with Gasteiger partial charge in [-0.05, 0) is 43.5 Å². The lowest BCUT2D eigenvalue weighted by atomic mass is 9.90. The zero-order valence-corrected chi connectivity index (χ0v) is 11.2. The first-order valence-electron chi connectivity index (χ1n) is 6.52. The number of rotatable bonds is 4. The summed E-state index contributed by atoms with van der Waals surface area (Å²) < 4.78 is 0. The SMILES string of the molecule is Cc1ccc(C(CN)Cc2ccccc2C)cc1. The Morgan fingerprint density at radius 2 is 1.61 bits per heavy atom. The van der Waals surface area contributed by atoms with Gasteiger partial charge in [0.15, 0.2) is 0 Å². The largest absolute Gasteiger partial charge is 0.330 e. The second-order valence-corrected chi connectivity index (χ2v) is 4.97. The van der Waals surface area contributed by atoms with Gasteiger partial charge in [0.1, 0.15) is 0 Å². The minimum atomic E-state index is 0.409. The van der Waals surface area contributed by atoms with E-state index in [4.69, 9.17) is 5.73 Å². The van der Waals surface area contributed by atoms with Gasteiger partial charge in [0.2, 0.25) is 0 Å². The summed E-state index contributed by atoms with van der Waals surface area (Å²) >= 11 is 0. The Morgan fingerprint density at radius 3 is 2.22 bits per heavy atom. The molecule has 0 saturated heterocycles. The number of aryl methyl sites for hydroxylation is 2. The maximum atomic E-state index is 5.94. The third-order valence-electron chi connectivity index (χ3n) is 3.56. The molecule has 0 fully saturated rings. The summed E-state index contributed by atoms with van der Waals surface area (Å²) in [5, 5.41) is 0. The number of nitrogens with two attached hydrogens (primary N) is 1. The topological polar surface area (TPSA) is 26.0 Å². The van der Waals surface area contributed by atoms with Gasteiger partial charge < -0.3 is 5.73 Å². The predicted molar refractivity (Wildman–Crippen MR) is 77.9 cm³/mol. The molecule has 0 amide bonds. The summed E-state index contributed by atoms with van der Waals surface area (Å²) in [6.45, 7) is 4.97. The summed E-state index contributed by atoms with van der Waals surface area (Å²) in [6, 6.07) is 17.3. The Kier molecular flexibility index (Phi) is 4.16. The van der Waals surface area contributed by atoms with Crippen LogP contribution in [-0.4, -0.2) is 6.54 Å². The minimum Gasteiger partial charge on any atom is -0.330 e. The molecule has 0 heterocycles. The molecule has 2 aromatic rings. The molecule has 0 saturated carbocycles. The van der Waals surface area contributed by atoms with Gasteiger partial charge >= 0.3 is 0 Å². The monoisotopic (exact) mass is 239 g/mol. The molecule has 0 radical (unpaired) electrons. The van der Waals surface area contributed by atoms with Crippen molar-refractivity contribution in [2.45, 2.75) is 26.2 Å². The molecule has 2 aromatic carbocycles. The van der Waals surface area contributed by atoms with Crippen molar-refractivity contribution in [3.05, 3.63) is 70.8 Å². The number of hydrogen-bond acceptors (Lipinski definition) is 1. The van der Waals surface area contributed by atoms with Crippen molar-refractivity contribution in [2.24, 2.45) is 5.73 Å². The predicted octanol–water partition coefficient (Wildman–Crippen LogP) is 3.59. The Morgan fingerprint density at radius 1 is 0.944 bits per heavy atom. The molecule has 0 aliphatic rings. The molecule has 1 nitrogen and oxygen atoms in total. The maximum absolute atomic E-state index is 5.94. The third kappa shape index (κ3) is 2.99.